The third kappa shape index (κ3) is 4.92. The fourth-order valence-corrected chi connectivity index (χ4v) is 3.03. The van der Waals surface area contributed by atoms with Crippen molar-refractivity contribution in [1.82, 2.24) is 15.1 Å². The third-order valence-corrected chi connectivity index (χ3v) is 5.04. The van der Waals surface area contributed by atoms with Crippen LogP contribution >= 0.6 is 0 Å². The Bertz CT molecular complexity index is 1030. The Kier molecular flexibility index (Phi) is 6.61. The highest BCUT2D eigenvalue weighted by molar-refractivity contribution is 5.97. The number of benzene rings is 2. The van der Waals surface area contributed by atoms with Crippen LogP contribution in [0.3, 0.4) is 0 Å². The van der Waals surface area contributed by atoms with Crippen molar-refractivity contribution in [2.75, 3.05) is 12.4 Å². The highest BCUT2D eigenvalue weighted by Gasteiger charge is 2.17. The molecule has 30 heavy (non-hydrogen) atoms. The van der Waals surface area contributed by atoms with E-state index >= 15 is 0 Å². The van der Waals surface area contributed by atoms with Crippen LogP contribution < -0.4 is 5.32 Å². The highest BCUT2D eigenvalue weighted by atomic mass is 19.1. The summed E-state index contributed by atoms with van der Waals surface area (Å²) in [5.74, 6) is -0.663. The Morgan fingerprint density at radius 3 is 2.63 bits per heavy atom. The number of anilines is 1. The zero-order chi connectivity index (χ0) is 21.7. The van der Waals surface area contributed by atoms with Crippen LogP contribution in [0.25, 0.3) is 11.3 Å². The van der Waals surface area contributed by atoms with E-state index in [2.05, 4.69) is 15.5 Å². The van der Waals surface area contributed by atoms with Crippen LogP contribution in [0.5, 0.6) is 0 Å². The number of halogens is 1. The van der Waals surface area contributed by atoms with Crippen molar-refractivity contribution < 1.29 is 14.0 Å². The SMILES string of the molecule is CCC(C)C(=O)Nc1cccc(C(=O)N(C)Cc2cn[nH]c2-c2ccc(F)cc2)c1. The van der Waals surface area contributed by atoms with Crippen LogP contribution in [-0.2, 0) is 11.3 Å². The van der Waals surface area contributed by atoms with Crippen molar-refractivity contribution in [1.29, 1.82) is 0 Å². The van der Waals surface area contributed by atoms with Crippen molar-refractivity contribution in [2.45, 2.75) is 26.8 Å². The molecule has 1 aromatic heterocycles. The molecule has 0 aliphatic heterocycles. The van der Waals surface area contributed by atoms with Gasteiger partial charge in [-0.1, -0.05) is 19.9 Å². The second-order valence-electron chi connectivity index (χ2n) is 7.32. The number of carbonyl (C=O) groups is 2. The highest BCUT2D eigenvalue weighted by Crippen LogP contribution is 2.23. The Balaban J connectivity index is 1.73. The molecule has 2 amide bonds. The molecule has 6 nitrogen and oxygen atoms in total. The molecule has 0 saturated carbocycles. The maximum absolute atomic E-state index is 13.2. The van der Waals surface area contributed by atoms with E-state index in [0.717, 1.165) is 23.2 Å². The lowest BCUT2D eigenvalue weighted by Gasteiger charge is -2.18. The maximum atomic E-state index is 13.2. The first-order valence-corrected chi connectivity index (χ1v) is 9.83. The van der Waals surface area contributed by atoms with Crippen molar-refractivity contribution in [3.05, 3.63) is 71.7 Å². The molecule has 0 bridgehead atoms. The molecule has 2 aromatic carbocycles. The van der Waals surface area contributed by atoms with Gasteiger partial charge in [0.1, 0.15) is 5.82 Å². The number of amides is 2. The first-order chi connectivity index (χ1) is 14.4. The zero-order valence-electron chi connectivity index (χ0n) is 17.3. The molecule has 1 unspecified atom stereocenters. The Morgan fingerprint density at radius 1 is 1.20 bits per heavy atom. The van der Waals surface area contributed by atoms with Gasteiger partial charge in [0.2, 0.25) is 5.91 Å². The standard InChI is InChI=1S/C23H25FN4O2/c1-4-15(2)22(29)26-20-7-5-6-17(12-20)23(30)28(3)14-18-13-25-27-21(18)16-8-10-19(24)11-9-16/h5-13,15H,4,14H2,1-3H3,(H,25,27)(H,26,29). The molecule has 0 spiro atoms. The average Bonchev–Trinajstić information content (AvgIpc) is 3.21. The van der Waals surface area contributed by atoms with Gasteiger partial charge in [0.05, 0.1) is 11.9 Å². The summed E-state index contributed by atoms with van der Waals surface area (Å²) < 4.78 is 13.2. The van der Waals surface area contributed by atoms with Crippen LogP contribution in [0.1, 0.15) is 36.2 Å². The van der Waals surface area contributed by atoms with E-state index in [1.807, 2.05) is 13.8 Å². The van der Waals surface area contributed by atoms with E-state index < -0.39 is 0 Å². The van der Waals surface area contributed by atoms with Gasteiger partial charge in [0, 0.05) is 41.9 Å². The Hall–Kier alpha value is -3.48. The molecule has 0 aliphatic rings. The lowest BCUT2D eigenvalue weighted by Crippen LogP contribution is -2.26. The Labute approximate surface area is 175 Å². The summed E-state index contributed by atoms with van der Waals surface area (Å²) in [6.45, 7) is 4.14. The summed E-state index contributed by atoms with van der Waals surface area (Å²) in [4.78, 5) is 26.6. The smallest absolute Gasteiger partial charge is 0.253 e. The maximum Gasteiger partial charge on any atom is 0.253 e. The summed E-state index contributed by atoms with van der Waals surface area (Å²) in [6, 6.07) is 13.0. The molecule has 7 heteroatoms. The molecule has 3 aromatic rings. The van der Waals surface area contributed by atoms with Crippen LogP contribution in [0.15, 0.2) is 54.7 Å². The molecule has 1 heterocycles. The van der Waals surface area contributed by atoms with Gasteiger partial charge in [-0.2, -0.15) is 5.10 Å². The van der Waals surface area contributed by atoms with Gasteiger partial charge >= 0.3 is 0 Å². The minimum Gasteiger partial charge on any atom is -0.337 e. The summed E-state index contributed by atoms with van der Waals surface area (Å²) in [6.07, 6.45) is 2.40. The number of hydrogen-bond acceptors (Lipinski definition) is 3. The topological polar surface area (TPSA) is 78.1 Å². The van der Waals surface area contributed by atoms with Crippen LogP contribution in [-0.4, -0.2) is 34.0 Å². The predicted octanol–water partition coefficient (Wildman–Crippen LogP) is 4.47. The monoisotopic (exact) mass is 408 g/mol. The number of nitrogens with one attached hydrogen (secondary N) is 2. The summed E-state index contributed by atoms with van der Waals surface area (Å²) in [5, 5.41) is 9.84. The average molecular weight is 408 g/mol. The molecule has 0 aliphatic carbocycles. The van der Waals surface area contributed by atoms with Gasteiger partial charge in [-0.05, 0) is 48.9 Å². The number of aromatic amines is 1. The van der Waals surface area contributed by atoms with Gasteiger partial charge in [-0.3, -0.25) is 14.7 Å². The molecule has 2 N–H and O–H groups in total. The second kappa shape index (κ2) is 9.35. The van der Waals surface area contributed by atoms with Crippen molar-refractivity contribution >= 4 is 17.5 Å². The third-order valence-electron chi connectivity index (χ3n) is 5.04. The fourth-order valence-electron chi connectivity index (χ4n) is 3.03. The number of nitrogens with zero attached hydrogens (tertiary/aromatic N) is 2. The minimum atomic E-state index is -0.313. The van der Waals surface area contributed by atoms with Gasteiger partial charge in [0.25, 0.3) is 5.91 Å². The van der Waals surface area contributed by atoms with E-state index in [0.29, 0.717) is 17.8 Å². The molecule has 1 atom stereocenters. The summed E-state index contributed by atoms with van der Waals surface area (Å²) >= 11 is 0. The molecule has 156 valence electrons. The van der Waals surface area contributed by atoms with Gasteiger partial charge in [0.15, 0.2) is 0 Å². The Morgan fingerprint density at radius 2 is 1.93 bits per heavy atom. The zero-order valence-corrected chi connectivity index (χ0v) is 17.3. The minimum absolute atomic E-state index is 0.0715. The number of hydrogen-bond donors (Lipinski definition) is 2. The van der Waals surface area contributed by atoms with Crippen LogP contribution in [0, 0.1) is 11.7 Å². The molecular weight excluding hydrogens is 383 g/mol. The van der Waals surface area contributed by atoms with E-state index in [-0.39, 0.29) is 23.5 Å². The summed E-state index contributed by atoms with van der Waals surface area (Å²) in [7, 11) is 1.70. The fraction of sp³-hybridized carbons (Fsp3) is 0.261. The first kappa shape index (κ1) is 21.2. The molecule has 0 radical (unpaired) electrons. The van der Waals surface area contributed by atoms with Crippen molar-refractivity contribution in [3.8, 4) is 11.3 Å². The number of aromatic nitrogens is 2. The van der Waals surface area contributed by atoms with E-state index in [1.165, 1.54) is 12.1 Å². The normalized spacial score (nSPS) is 11.7. The quantitative estimate of drug-likeness (QED) is 0.605. The van der Waals surface area contributed by atoms with Gasteiger partial charge < -0.3 is 10.2 Å². The van der Waals surface area contributed by atoms with E-state index in [9.17, 15) is 14.0 Å². The first-order valence-electron chi connectivity index (χ1n) is 9.83. The van der Waals surface area contributed by atoms with Crippen molar-refractivity contribution in [3.63, 3.8) is 0 Å². The van der Waals surface area contributed by atoms with Gasteiger partial charge in [-0.15, -0.1) is 0 Å². The largest absolute Gasteiger partial charge is 0.337 e. The lowest BCUT2D eigenvalue weighted by atomic mass is 10.1. The van der Waals surface area contributed by atoms with Gasteiger partial charge in [-0.25, -0.2) is 4.39 Å². The van der Waals surface area contributed by atoms with E-state index in [1.54, 1.807) is 54.5 Å². The number of H-pyrrole nitrogens is 1. The second-order valence-corrected chi connectivity index (χ2v) is 7.32. The van der Waals surface area contributed by atoms with Crippen molar-refractivity contribution in [2.24, 2.45) is 5.92 Å². The lowest BCUT2D eigenvalue weighted by molar-refractivity contribution is -0.119. The van der Waals surface area contributed by atoms with Crippen LogP contribution in [0.2, 0.25) is 0 Å². The number of rotatable bonds is 7. The van der Waals surface area contributed by atoms with Crippen LogP contribution in [0.4, 0.5) is 10.1 Å². The molecule has 0 saturated heterocycles. The summed E-state index contributed by atoms with van der Waals surface area (Å²) in [5.41, 5.74) is 3.42. The van der Waals surface area contributed by atoms with E-state index in [4.69, 9.17) is 0 Å². The predicted molar refractivity (Wildman–Crippen MR) is 114 cm³/mol. The molecule has 3 rings (SSSR count). The molecule has 0 fully saturated rings. The molecular formula is C23H25FN4O2. The number of carbonyl (C=O) groups excluding carboxylic acids is 2.